The monoisotopic (exact) mass is 362 g/mol. The Bertz CT molecular complexity index is 896. The van der Waals surface area contributed by atoms with Gasteiger partial charge in [-0.2, -0.15) is 4.98 Å². The molecule has 4 rings (SSSR count). The van der Waals surface area contributed by atoms with Crippen LogP contribution in [0.3, 0.4) is 0 Å². The highest BCUT2D eigenvalue weighted by atomic mass is 16.5. The van der Waals surface area contributed by atoms with Gasteiger partial charge in [-0.25, -0.2) is 4.98 Å². The van der Waals surface area contributed by atoms with E-state index < -0.39 is 0 Å². The van der Waals surface area contributed by atoms with E-state index >= 15 is 0 Å². The summed E-state index contributed by atoms with van der Waals surface area (Å²) >= 11 is 0. The highest BCUT2D eigenvalue weighted by molar-refractivity contribution is 5.70. The molecule has 0 bridgehead atoms. The molecule has 1 fully saturated rings. The van der Waals surface area contributed by atoms with Gasteiger partial charge in [0.15, 0.2) is 0 Å². The number of anilines is 3. The van der Waals surface area contributed by atoms with Crippen LogP contribution < -0.4 is 15.0 Å². The molecule has 1 aliphatic heterocycles. The Morgan fingerprint density at radius 2 is 1.70 bits per heavy atom. The summed E-state index contributed by atoms with van der Waals surface area (Å²) < 4.78 is 10.9. The van der Waals surface area contributed by atoms with Gasteiger partial charge in [0, 0.05) is 24.7 Å². The van der Waals surface area contributed by atoms with Crippen molar-refractivity contribution in [1.29, 1.82) is 0 Å². The molecule has 138 valence electrons. The summed E-state index contributed by atoms with van der Waals surface area (Å²) in [5, 5.41) is 3.38. The molecule has 2 heterocycles. The second kappa shape index (κ2) is 8.05. The number of nitrogens with one attached hydrogen (secondary N) is 1. The van der Waals surface area contributed by atoms with Crippen LogP contribution in [0.2, 0.25) is 0 Å². The van der Waals surface area contributed by atoms with Crippen LogP contribution >= 0.6 is 0 Å². The van der Waals surface area contributed by atoms with E-state index in [9.17, 15) is 0 Å². The lowest BCUT2D eigenvalue weighted by Gasteiger charge is -2.27. The van der Waals surface area contributed by atoms with Crippen LogP contribution in [0.5, 0.6) is 5.75 Å². The minimum atomic E-state index is 0.689. The summed E-state index contributed by atoms with van der Waals surface area (Å²) in [6.45, 7) is 2.95. The molecule has 0 atom stereocenters. The number of hydrogen-bond donors (Lipinski definition) is 1. The Labute approximate surface area is 158 Å². The van der Waals surface area contributed by atoms with Crippen molar-refractivity contribution in [2.75, 3.05) is 43.6 Å². The van der Waals surface area contributed by atoms with Gasteiger partial charge in [-0.15, -0.1) is 0 Å². The molecule has 1 N–H and O–H groups in total. The van der Waals surface area contributed by atoms with E-state index in [-0.39, 0.29) is 0 Å². The van der Waals surface area contributed by atoms with Crippen LogP contribution in [0.1, 0.15) is 0 Å². The number of nitrogens with zero attached hydrogens (tertiary/aromatic N) is 3. The first kappa shape index (κ1) is 17.3. The lowest BCUT2D eigenvalue weighted by atomic mass is 10.1. The van der Waals surface area contributed by atoms with Gasteiger partial charge < -0.3 is 19.7 Å². The van der Waals surface area contributed by atoms with Crippen LogP contribution in [0.25, 0.3) is 11.3 Å². The zero-order valence-electron chi connectivity index (χ0n) is 15.3. The molecule has 1 aliphatic rings. The number of benzene rings is 2. The highest BCUT2D eigenvalue weighted by Gasteiger charge is 2.17. The lowest BCUT2D eigenvalue weighted by Crippen LogP contribution is -2.37. The Morgan fingerprint density at radius 3 is 2.48 bits per heavy atom. The number of rotatable bonds is 5. The van der Waals surface area contributed by atoms with Gasteiger partial charge in [-0.05, 0) is 12.1 Å². The molecule has 0 amide bonds. The van der Waals surface area contributed by atoms with Gasteiger partial charge in [0.2, 0.25) is 5.95 Å². The summed E-state index contributed by atoms with van der Waals surface area (Å²) in [5.74, 6) is 2.21. The topological polar surface area (TPSA) is 59.5 Å². The molecule has 27 heavy (non-hydrogen) atoms. The minimum Gasteiger partial charge on any atom is -0.495 e. The molecule has 0 radical (unpaired) electrons. The average Bonchev–Trinajstić information content (AvgIpc) is 2.75. The second-order valence-corrected chi connectivity index (χ2v) is 6.23. The van der Waals surface area contributed by atoms with Gasteiger partial charge in [0.25, 0.3) is 0 Å². The van der Waals surface area contributed by atoms with Gasteiger partial charge in [0.1, 0.15) is 11.6 Å². The zero-order chi connectivity index (χ0) is 18.5. The summed E-state index contributed by atoms with van der Waals surface area (Å²) in [5.41, 5.74) is 2.80. The van der Waals surface area contributed by atoms with Crippen molar-refractivity contribution < 1.29 is 9.47 Å². The van der Waals surface area contributed by atoms with Crippen LogP contribution in [-0.2, 0) is 4.74 Å². The second-order valence-electron chi connectivity index (χ2n) is 6.23. The van der Waals surface area contributed by atoms with Crippen molar-refractivity contribution in [1.82, 2.24) is 9.97 Å². The Morgan fingerprint density at radius 1 is 0.963 bits per heavy atom. The predicted molar refractivity (Wildman–Crippen MR) is 107 cm³/mol. The molecule has 6 heteroatoms. The van der Waals surface area contributed by atoms with Crippen molar-refractivity contribution in [3.8, 4) is 17.0 Å². The minimum absolute atomic E-state index is 0.689. The van der Waals surface area contributed by atoms with Crippen molar-refractivity contribution >= 4 is 17.5 Å². The molecule has 3 aromatic rings. The molecule has 6 nitrogen and oxygen atoms in total. The van der Waals surface area contributed by atoms with Gasteiger partial charge in [-0.1, -0.05) is 42.5 Å². The fraction of sp³-hybridized carbons (Fsp3) is 0.238. The first-order chi connectivity index (χ1) is 13.3. The first-order valence-electron chi connectivity index (χ1n) is 9.01. The molecule has 0 spiro atoms. The fourth-order valence-corrected chi connectivity index (χ4v) is 3.05. The van der Waals surface area contributed by atoms with E-state index in [0.29, 0.717) is 19.2 Å². The van der Waals surface area contributed by atoms with Gasteiger partial charge >= 0.3 is 0 Å². The Balaban J connectivity index is 1.73. The molecule has 0 saturated carbocycles. The predicted octanol–water partition coefficient (Wildman–Crippen LogP) is 3.73. The molecular formula is C21H22N4O2. The molecule has 2 aromatic carbocycles. The van der Waals surface area contributed by atoms with E-state index in [1.165, 1.54) is 0 Å². The summed E-state index contributed by atoms with van der Waals surface area (Å²) in [6, 6.07) is 19.9. The molecular weight excluding hydrogens is 340 g/mol. The zero-order valence-corrected chi connectivity index (χ0v) is 15.3. The normalized spacial score (nSPS) is 14.0. The third-order valence-corrected chi connectivity index (χ3v) is 4.45. The number of ether oxygens (including phenoxy) is 2. The van der Waals surface area contributed by atoms with Crippen molar-refractivity contribution in [2.24, 2.45) is 0 Å². The number of hydrogen-bond acceptors (Lipinski definition) is 6. The summed E-state index contributed by atoms with van der Waals surface area (Å²) in [6.07, 6.45) is 0. The van der Waals surface area contributed by atoms with Crippen LogP contribution in [0, 0.1) is 0 Å². The smallest absolute Gasteiger partial charge is 0.228 e. The Kier molecular flexibility index (Phi) is 5.16. The molecule has 1 aromatic heterocycles. The maximum absolute atomic E-state index is 5.46. The highest BCUT2D eigenvalue weighted by Crippen LogP contribution is 2.29. The summed E-state index contributed by atoms with van der Waals surface area (Å²) in [4.78, 5) is 11.7. The molecule has 0 aliphatic carbocycles. The third kappa shape index (κ3) is 4.01. The standard InChI is InChI=1S/C21H22N4O2/c1-26-19-10-6-5-9-17(19)22-20-15-18(16-7-3-2-4-8-16)23-21(24-20)25-11-13-27-14-12-25/h2-10,15H,11-14H2,1H3,(H,22,23,24). The maximum Gasteiger partial charge on any atom is 0.228 e. The maximum atomic E-state index is 5.46. The van der Waals surface area contributed by atoms with Crippen molar-refractivity contribution in [2.45, 2.75) is 0 Å². The van der Waals surface area contributed by atoms with Crippen LogP contribution in [-0.4, -0.2) is 43.4 Å². The lowest BCUT2D eigenvalue weighted by molar-refractivity contribution is 0.122. The van der Waals surface area contributed by atoms with E-state index in [2.05, 4.69) is 22.3 Å². The fourth-order valence-electron chi connectivity index (χ4n) is 3.05. The van der Waals surface area contributed by atoms with Gasteiger partial charge in [0.05, 0.1) is 31.7 Å². The van der Waals surface area contributed by atoms with Gasteiger partial charge in [-0.3, -0.25) is 0 Å². The van der Waals surface area contributed by atoms with E-state index in [1.54, 1.807) is 7.11 Å². The largest absolute Gasteiger partial charge is 0.495 e. The number of methoxy groups -OCH3 is 1. The van der Waals surface area contributed by atoms with Crippen molar-refractivity contribution in [3.63, 3.8) is 0 Å². The van der Waals surface area contributed by atoms with Crippen molar-refractivity contribution in [3.05, 3.63) is 60.7 Å². The Hall–Kier alpha value is -3.12. The first-order valence-corrected chi connectivity index (χ1v) is 9.01. The summed E-state index contributed by atoms with van der Waals surface area (Å²) in [7, 11) is 1.66. The number of aromatic nitrogens is 2. The number of morpholine rings is 1. The quantitative estimate of drug-likeness (QED) is 0.746. The van der Waals surface area contributed by atoms with E-state index in [4.69, 9.17) is 19.4 Å². The van der Waals surface area contributed by atoms with E-state index in [0.717, 1.165) is 41.6 Å². The number of para-hydroxylation sites is 2. The van der Waals surface area contributed by atoms with E-state index in [1.807, 2.05) is 48.5 Å². The molecule has 0 unspecified atom stereocenters. The average molecular weight is 362 g/mol. The SMILES string of the molecule is COc1ccccc1Nc1cc(-c2ccccc2)nc(N2CCOCC2)n1. The van der Waals surface area contributed by atoms with Crippen LogP contribution in [0.15, 0.2) is 60.7 Å². The third-order valence-electron chi connectivity index (χ3n) is 4.45. The van der Waals surface area contributed by atoms with Crippen LogP contribution in [0.4, 0.5) is 17.5 Å². The molecule has 1 saturated heterocycles.